The lowest BCUT2D eigenvalue weighted by Gasteiger charge is -2.29. The molecule has 0 nitrogen and oxygen atoms in total. The first kappa shape index (κ1) is 31.8. The number of benzene rings is 1. The number of unbranched alkanes of at least 4 members (excludes halogenated alkanes) is 6. The van der Waals surface area contributed by atoms with Gasteiger partial charge < -0.3 is 0 Å². The SMILES string of the molecule is CCCCP(=Cc1ccccc1C=P(CCCC)(CCCC)CCCC)(CCCC)CCCC. The van der Waals surface area contributed by atoms with Crippen molar-refractivity contribution in [1.29, 1.82) is 0 Å². The van der Waals surface area contributed by atoms with E-state index in [1.165, 1.54) is 114 Å². The average Bonchev–Trinajstić information content (AvgIpc) is 2.86. The Morgan fingerprint density at radius 2 is 0.676 bits per heavy atom. The third kappa shape index (κ3) is 11.7. The Kier molecular flexibility index (Phi) is 17.8. The van der Waals surface area contributed by atoms with Gasteiger partial charge in [-0.2, -0.15) is 0 Å². The molecule has 0 bridgehead atoms. The molecular formula is C32H60P2. The standard InChI is InChI=1S/C32H60P2/c1-7-13-23-33(24-14-8-2,25-15-9-3)29-31-21-19-20-22-32(31)30-34(26-16-10-4,27-17-11-5)28-18-12-6/h19-22,29-30H,7-18,23-28H2,1-6H3. The van der Waals surface area contributed by atoms with Crippen LogP contribution in [-0.2, 0) is 0 Å². The predicted molar refractivity (Wildman–Crippen MR) is 169 cm³/mol. The summed E-state index contributed by atoms with van der Waals surface area (Å²) in [4.78, 5) is 0. The molecule has 0 heterocycles. The highest BCUT2D eigenvalue weighted by atomic mass is 31.2. The molecule has 0 fully saturated rings. The van der Waals surface area contributed by atoms with E-state index in [1.54, 1.807) is 11.1 Å². The predicted octanol–water partition coefficient (Wildman–Crippen LogP) is 10.8. The van der Waals surface area contributed by atoms with Crippen LogP contribution >= 0.6 is 13.8 Å². The van der Waals surface area contributed by atoms with Gasteiger partial charge in [-0.15, -0.1) is 13.8 Å². The first-order valence-corrected chi connectivity index (χ1v) is 19.9. The lowest BCUT2D eigenvalue weighted by Crippen LogP contribution is -2.08. The van der Waals surface area contributed by atoms with Crippen LogP contribution < -0.4 is 0 Å². The second kappa shape index (κ2) is 19.0. The summed E-state index contributed by atoms with van der Waals surface area (Å²) in [6.07, 6.45) is 25.3. The van der Waals surface area contributed by atoms with E-state index >= 15 is 0 Å². The van der Waals surface area contributed by atoms with Crippen molar-refractivity contribution in [3.05, 3.63) is 35.4 Å². The molecule has 0 saturated carbocycles. The van der Waals surface area contributed by atoms with Crippen LogP contribution in [0.5, 0.6) is 0 Å². The Morgan fingerprint density at radius 1 is 0.441 bits per heavy atom. The molecule has 198 valence electrons. The fourth-order valence-electron chi connectivity index (χ4n) is 5.23. The molecule has 0 N–H and O–H groups in total. The maximum atomic E-state index is 2.88. The minimum atomic E-state index is -1.06. The van der Waals surface area contributed by atoms with Crippen LogP contribution in [0.15, 0.2) is 24.3 Å². The van der Waals surface area contributed by atoms with E-state index in [9.17, 15) is 0 Å². The summed E-state index contributed by atoms with van der Waals surface area (Å²) < 4.78 is 0. The number of rotatable bonds is 20. The Morgan fingerprint density at radius 3 is 0.882 bits per heavy atom. The highest BCUT2D eigenvalue weighted by Gasteiger charge is 2.19. The van der Waals surface area contributed by atoms with Gasteiger partial charge in [0.25, 0.3) is 0 Å². The van der Waals surface area contributed by atoms with Crippen LogP contribution in [0.2, 0.25) is 0 Å². The zero-order valence-corrected chi connectivity index (χ0v) is 25.9. The van der Waals surface area contributed by atoms with E-state index in [0.29, 0.717) is 0 Å². The highest BCUT2D eigenvalue weighted by molar-refractivity contribution is 7.76. The molecule has 0 aromatic heterocycles. The minimum absolute atomic E-state index is 1.06. The van der Waals surface area contributed by atoms with Crippen LogP contribution in [0.1, 0.15) is 130 Å². The fourth-order valence-corrected chi connectivity index (χ4v) is 14.7. The lowest BCUT2D eigenvalue weighted by atomic mass is 10.1. The van der Waals surface area contributed by atoms with E-state index in [4.69, 9.17) is 0 Å². The molecule has 0 spiro atoms. The summed E-state index contributed by atoms with van der Waals surface area (Å²) >= 11 is 0. The zero-order chi connectivity index (χ0) is 25.1. The quantitative estimate of drug-likeness (QED) is 0.154. The molecule has 0 atom stereocenters. The summed E-state index contributed by atoms with van der Waals surface area (Å²) in [5, 5.41) is 0. The van der Waals surface area contributed by atoms with E-state index in [1.807, 2.05) is 0 Å². The van der Waals surface area contributed by atoms with Gasteiger partial charge in [-0.05, 0) is 86.6 Å². The Labute approximate surface area is 216 Å². The van der Waals surface area contributed by atoms with Crippen molar-refractivity contribution < 1.29 is 0 Å². The smallest absolute Gasteiger partial charge is 0.0182 e. The molecule has 0 amide bonds. The number of hydrogen-bond acceptors (Lipinski definition) is 0. The van der Waals surface area contributed by atoms with Crippen molar-refractivity contribution in [2.45, 2.75) is 119 Å². The van der Waals surface area contributed by atoms with Crippen molar-refractivity contribution in [1.82, 2.24) is 0 Å². The first-order valence-electron chi connectivity index (χ1n) is 15.1. The Bertz CT molecular complexity index is 623. The molecule has 1 aromatic rings. The van der Waals surface area contributed by atoms with Crippen molar-refractivity contribution in [3.63, 3.8) is 0 Å². The lowest BCUT2D eigenvalue weighted by molar-refractivity contribution is 0.845. The summed E-state index contributed by atoms with van der Waals surface area (Å²) in [7, 11) is 0. The van der Waals surface area contributed by atoms with Gasteiger partial charge in [0.05, 0.1) is 0 Å². The van der Waals surface area contributed by atoms with Gasteiger partial charge in [0.2, 0.25) is 0 Å². The largest absolute Gasteiger partial charge is 0.104 e. The third-order valence-electron chi connectivity index (χ3n) is 7.56. The van der Waals surface area contributed by atoms with Gasteiger partial charge in [-0.1, -0.05) is 116 Å². The molecule has 0 saturated heterocycles. The monoisotopic (exact) mass is 506 g/mol. The van der Waals surface area contributed by atoms with Gasteiger partial charge in [0, 0.05) is 0 Å². The van der Waals surface area contributed by atoms with Gasteiger partial charge in [-0.3, -0.25) is 0 Å². The van der Waals surface area contributed by atoms with Crippen LogP contribution in [0.4, 0.5) is 0 Å². The maximum Gasteiger partial charge on any atom is -0.0182 e. The molecule has 0 aliphatic heterocycles. The van der Waals surface area contributed by atoms with Crippen LogP contribution in [0.25, 0.3) is 0 Å². The van der Waals surface area contributed by atoms with Gasteiger partial charge >= 0.3 is 0 Å². The molecule has 34 heavy (non-hydrogen) atoms. The molecule has 0 unspecified atom stereocenters. The summed E-state index contributed by atoms with van der Waals surface area (Å²) in [5.41, 5.74) is 3.18. The molecule has 1 aromatic carbocycles. The van der Waals surface area contributed by atoms with Crippen LogP contribution in [-0.4, -0.2) is 48.6 Å². The second-order valence-corrected chi connectivity index (χ2v) is 18.9. The average molecular weight is 507 g/mol. The van der Waals surface area contributed by atoms with Crippen molar-refractivity contribution in [2.24, 2.45) is 0 Å². The summed E-state index contributed by atoms with van der Waals surface area (Å²) in [5.74, 6) is 5.77. The molecule has 2 heteroatoms. The van der Waals surface area contributed by atoms with Crippen molar-refractivity contribution in [2.75, 3.05) is 37.0 Å². The molecular weight excluding hydrogens is 446 g/mol. The second-order valence-electron chi connectivity index (χ2n) is 10.8. The molecule has 1 rings (SSSR count). The minimum Gasteiger partial charge on any atom is -0.104 e. The van der Waals surface area contributed by atoms with Gasteiger partial charge in [0.15, 0.2) is 0 Å². The van der Waals surface area contributed by atoms with Crippen LogP contribution in [0, 0.1) is 0 Å². The van der Waals surface area contributed by atoms with E-state index < -0.39 is 13.8 Å². The van der Waals surface area contributed by atoms with Crippen molar-refractivity contribution >= 4 is 25.4 Å². The molecule has 0 aliphatic carbocycles. The fraction of sp³-hybridized carbons (Fsp3) is 0.750. The van der Waals surface area contributed by atoms with E-state index in [2.05, 4.69) is 77.4 Å². The highest BCUT2D eigenvalue weighted by Crippen LogP contribution is 2.52. The van der Waals surface area contributed by atoms with Crippen molar-refractivity contribution in [3.8, 4) is 0 Å². The Hall–Kier alpha value is -0.180. The zero-order valence-electron chi connectivity index (χ0n) is 24.1. The molecule has 0 radical (unpaired) electrons. The summed E-state index contributed by atoms with van der Waals surface area (Å²) in [6.45, 7) is 12.2. The van der Waals surface area contributed by atoms with Gasteiger partial charge in [0.1, 0.15) is 0 Å². The normalized spacial score (nSPS) is 12.2. The van der Waals surface area contributed by atoms with E-state index in [-0.39, 0.29) is 0 Å². The maximum absolute atomic E-state index is 2.88. The van der Waals surface area contributed by atoms with Gasteiger partial charge in [-0.25, -0.2) is 0 Å². The third-order valence-corrected chi connectivity index (χ3v) is 16.5. The number of hydrogen-bond donors (Lipinski definition) is 0. The van der Waals surface area contributed by atoms with E-state index in [0.717, 1.165) is 0 Å². The molecule has 0 aliphatic rings. The first-order chi connectivity index (χ1) is 16.5. The summed E-state index contributed by atoms with van der Waals surface area (Å²) in [6, 6.07) is 9.56. The Balaban J connectivity index is 3.65. The van der Waals surface area contributed by atoms with Crippen LogP contribution in [0.3, 0.4) is 0 Å². The topological polar surface area (TPSA) is 0 Å².